The second kappa shape index (κ2) is 3.73. The summed E-state index contributed by atoms with van der Waals surface area (Å²) in [6, 6.07) is -0.279. The summed E-state index contributed by atoms with van der Waals surface area (Å²) < 4.78 is 10.6. The van der Waals surface area contributed by atoms with Crippen molar-refractivity contribution in [2.45, 2.75) is 26.8 Å². The summed E-state index contributed by atoms with van der Waals surface area (Å²) in [4.78, 5) is 10.8. The number of Topliss-reactive ketones (excluding diaryl/α,β-unsaturated/α-hetero) is 1. The van der Waals surface area contributed by atoms with Crippen molar-refractivity contribution in [3.05, 3.63) is 0 Å². The van der Waals surface area contributed by atoms with Gasteiger partial charge in [0.1, 0.15) is 7.32 Å². The highest BCUT2D eigenvalue weighted by molar-refractivity contribution is 7.04. The standard InChI is InChI=1S/C6H12NOP/c1-4(2)6(7-9)5(3)8/h4,6,9H,1-3H3/t6-/m0/s1/i9D. The van der Waals surface area contributed by atoms with E-state index in [0.29, 0.717) is 0 Å². The Bertz CT molecular complexity index is 147. The molecule has 0 unspecified atom stereocenters. The molecule has 0 aromatic carbocycles. The zero-order chi connectivity index (χ0) is 8.15. The van der Waals surface area contributed by atoms with Crippen LogP contribution in [0.2, 0.25) is 0 Å². The van der Waals surface area contributed by atoms with E-state index in [4.69, 9.17) is 1.28 Å². The fourth-order valence-corrected chi connectivity index (χ4v) is 1.11. The minimum Gasteiger partial charge on any atom is -0.298 e. The van der Waals surface area contributed by atoms with Crippen molar-refractivity contribution < 1.29 is 4.79 Å². The van der Waals surface area contributed by atoms with Gasteiger partial charge in [-0.25, -0.2) is 0 Å². The molecule has 0 rings (SSSR count). The van der Waals surface area contributed by atoms with Crippen molar-refractivity contribution >= 4 is 14.8 Å². The molecule has 2 nitrogen and oxygen atoms in total. The average molecular weight is 146 g/mol. The quantitative estimate of drug-likeness (QED) is 0.559. The first kappa shape index (κ1) is 6.88. The summed E-state index contributed by atoms with van der Waals surface area (Å²) in [5.41, 5.74) is 0. The minimum absolute atomic E-state index is 0.0507. The van der Waals surface area contributed by atoms with Gasteiger partial charge in [-0.15, -0.1) is 0 Å². The van der Waals surface area contributed by atoms with Crippen LogP contribution in [0.5, 0.6) is 0 Å². The normalized spacial score (nSPS) is 16.2. The Kier molecular flexibility index (Phi) is 2.85. The van der Waals surface area contributed by atoms with E-state index in [2.05, 4.69) is 4.74 Å². The average Bonchev–Trinajstić information content (AvgIpc) is 1.81. The molecule has 0 spiro atoms. The molecule has 0 radical (unpaired) electrons. The molecule has 0 aliphatic rings. The van der Waals surface area contributed by atoms with E-state index < -0.39 is 0 Å². The van der Waals surface area contributed by atoms with Crippen LogP contribution >= 0.6 is 8.98 Å². The van der Waals surface area contributed by atoms with E-state index in [1.54, 1.807) is 0 Å². The zero-order valence-corrected chi connectivity index (χ0v) is 6.85. The Morgan fingerprint density at radius 1 is 1.78 bits per heavy atom. The van der Waals surface area contributed by atoms with Crippen LogP contribution in [0.15, 0.2) is 4.74 Å². The van der Waals surface area contributed by atoms with Crippen molar-refractivity contribution in [2.24, 2.45) is 10.7 Å². The van der Waals surface area contributed by atoms with E-state index in [9.17, 15) is 4.79 Å². The smallest absolute Gasteiger partial charge is 0.154 e. The predicted octanol–water partition coefficient (Wildman–Crippen LogP) is 1.93. The Balaban J connectivity index is 4.12. The summed E-state index contributed by atoms with van der Waals surface area (Å²) in [6.07, 6.45) is 0. The van der Waals surface area contributed by atoms with Crippen LogP contribution in [0.3, 0.4) is 0 Å². The lowest BCUT2D eigenvalue weighted by molar-refractivity contribution is -0.118. The first-order chi connectivity index (χ1) is 4.59. The van der Waals surface area contributed by atoms with E-state index in [-0.39, 0.29) is 26.7 Å². The molecule has 0 aromatic rings. The monoisotopic (exact) mass is 146 g/mol. The largest absolute Gasteiger partial charge is 0.298 e. The van der Waals surface area contributed by atoms with Gasteiger partial charge in [-0.1, -0.05) is 13.8 Å². The lowest BCUT2D eigenvalue weighted by atomic mass is 10.0. The van der Waals surface area contributed by atoms with Crippen LogP contribution in [0.4, 0.5) is 0 Å². The van der Waals surface area contributed by atoms with Gasteiger partial charge >= 0.3 is 0 Å². The van der Waals surface area contributed by atoms with Crippen LogP contribution in [0, 0.1) is 5.92 Å². The fraction of sp³-hybridized carbons (Fsp3) is 0.833. The highest BCUT2D eigenvalue weighted by Crippen LogP contribution is 2.07. The number of carbonyl (C=O) groups excluding carboxylic acids is 1. The van der Waals surface area contributed by atoms with E-state index in [1.807, 2.05) is 13.8 Å². The number of ketones is 1. The first-order valence-corrected chi connectivity index (χ1v) is 3.34. The van der Waals surface area contributed by atoms with Gasteiger partial charge in [0.15, 0.2) is 5.78 Å². The maximum absolute atomic E-state index is 10.8. The molecule has 0 aliphatic heterocycles. The number of carbonyl (C=O) groups is 1. The van der Waals surface area contributed by atoms with Crippen molar-refractivity contribution in [3.8, 4) is 0 Å². The van der Waals surface area contributed by atoms with Crippen molar-refractivity contribution in [3.63, 3.8) is 0 Å². The van der Waals surface area contributed by atoms with Gasteiger partial charge in [0.2, 0.25) is 0 Å². The highest BCUT2D eigenvalue weighted by Gasteiger charge is 2.14. The van der Waals surface area contributed by atoms with E-state index >= 15 is 0 Å². The molecule has 0 saturated heterocycles. The lowest BCUT2D eigenvalue weighted by Gasteiger charge is -2.09. The number of nitrogens with zero attached hydrogens (tertiary/aromatic N) is 1. The maximum atomic E-state index is 10.8. The van der Waals surface area contributed by atoms with Gasteiger partial charge in [0, 0.05) is 0 Å². The molecule has 0 heterocycles. The molecule has 0 bridgehead atoms. The molecule has 0 fully saturated rings. The third-order valence-corrected chi connectivity index (χ3v) is 1.42. The van der Waals surface area contributed by atoms with Gasteiger partial charge in [-0.2, -0.15) is 0 Å². The molecule has 1 atom stereocenters. The maximum Gasteiger partial charge on any atom is 0.154 e. The van der Waals surface area contributed by atoms with Crippen molar-refractivity contribution in [2.75, 3.05) is 0 Å². The van der Waals surface area contributed by atoms with Crippen molar-refractivity contribution in [1.29, 1.82) is 1.28 Å². The highest BCUT2D eigenvalue weighted by atomic mass is 31.0. The Hall–Kier alpha value is -0.230. The van der Waals surface area contributed by atoms with Crippen LogP contribution in [-0.2, 0) is 4.79 Å². The minimum atomic E-state index is -0.279. The summed E-state index contributed by atoms with van der Waals surface area (Å²) in [5, 5.41) is 0. The van der Waals surface area contributed by atoms with E-state index in [0.717, 1.165) is 0 Å². The molecule has 0 aliphatic carbocycles. The summed E-state index contributed by atoms with van der Waals surface area (Å²) in [5.74, 6) is 0.269. The predicted molar refractivity (Wildman–Crippen MR) is 40.1 cm³/mol. The summed E-state index contributed by atoms with van der Waals surface area (Å²) in [6.45, 7) is 5.38. The van der Waals surface area contributed by atoms with Crippen LogP contribution < -0.4 is 0 Å². The second-order valence-corrected chi connectivity index (χ2v) is 2.65. The Morgan fingerprint density at radius 3 is 2.44 bits per heavy atom. The third kappa shape index (κ3) is 2.71. The topological polar surface area (TPSA) is 29.4 Å². The van der Waals surface area contributed by atoms with Crippen LogP contribution in [0.1, 0.15) is 20.8 Å². The van der Waals surface area contributed by atoms with E-state index in [1.165, 1.54) is 6.92 Å². The van der Waals surface area contributed by atoms with Gasteiger partial charge in [0.05, 0.1) is 0 Å². The number of rotatable bonds is 3. The fourth-order valence-electron chi connectivity index (χ4n) is 0.684. The zero-order valence-electron chi connectivity index (χ0n) is 6.96. The Morgan fingerprint density at radius 2 is 2.33 bits per heavy atom. The van der Waals surface area contributed by atoms with Gasteiger partial charge in [0.25, 0.3) is 0 Å². The van der Waals surface area contributed by atoms with Crippen LogP contribution in [-0.4, -0.2) is 13.1 Å². The molecule has 3 heteroatoms. The Labute approximate surface area is 59.2 Å². The molecular weight excluding hydrogens is 133 g/mol. The lowest BCUT2D eigenvalue weighted by Crippen LogP contribution is -2.20. The summed E-state index contributed by atoms with van der Waals surface area (Å²) >= 11 is 0. The van der Waals surface area contributed by atoms with Gasteiger partial charge in [-0.3, -0.25) is 9.54 Å². The molecule has 0 saturated carbocycles. The van der Waals surface area contributed by atoms with Gasteiger partial charge < -0.3 is 0 Å². The molecule has 9 heavy (non-hydrogen) atoms. The van der Waals surface area contributed by atoms with Crippen molar-refractivity contribution in [1.82, 2.24) is 0 Å². The molecule has 0 aromatic heterocycles. The summed E-state index contributed by atoms with van der Waals surface area (Å²) in [7, 11) is 0.199. The molecular formula is C6H12NOP. The third-order valence-electron chi connectivity index (χ3n) is 1.17. The molecule has 0 N–H and O–H groups in total. The SMILES string of the molecule is [2H]/P=N/[C@H](C(C)=O)C(C)C. The second-order valence-electron chi connectivity index (χ2n) is 2.41. The van der Waals surface area contributed by atoms with Gasteiger partial charge in [-0.05, 0) is 21.8 Å². The first-order valence-electron chi connectivity index (χ1n) is 3.39. The number of hydrogen-bond acceptors (Lipinski definition) is 2. The number of hydrogen-bond donors (Lipinski definition) is 0. The van der Waals surface area contributed by atoms with Crippen LogP contribution in [0.25, 0.3) is 0 Å². The molecule has 0 amide bonds. The molecule has 52 valence electrons.